The van der Waals surface area contributed by atoms with Crippen LogP contribution in [0.3, 0.4) is 0 Å². The van der Waals surface area contributed by atoms with Crippen LogP contribution in [-0.2, 0) is 22.4 Å². The summed E-state index contributed by atoms with van der Waals surface area (Å²) < 4.78 is 5.60. The Bertz CT molecular complexity index is 1320. The van der Waals surface area contributed by atoms with Crippen molar-refractivity contribution in [1.29, 1.82) is 0 Å². The number of nitrogens with zero attached hydrogens (tertiary/aromatic N) is 4. The van der Waals surface area contributed by atoms with Crippen LogP contribution in [0.1, 0.15) is 59.7 Å². The van der Waals surface area contributed by atoms with Gasteiger partial charge in [-0.2, -0.15) is 0 Å². The molecule has 6 rings (SSSR count). The maximum absolute atomic E-state index is 13.4. The number of aryl methyl sites for hydroxylation is 1. The Morgan fingerprint density at radius 1 is 1.10 bits per heavy atom. The number of nitrogens with one attached hydrogen (secondary N) is 2. The van der Waals surface area contributed by atoms with E-state index in [2.05, 4.69) is 43.6 Å². The summed E-state index contributed by atoms with van der Waals surface area (Å²) in [5.41, 5.74) is 4.70. The number of likely N-dealkylation sites (N-methyl/N-ethyl adjacent to an activating group) is 1. The van der Waals surface area contributed by atoms with Crippen molar-refractivity contribution < 1.29 is 14.3 Å². The lowest BCUT2D eigenvalue weighted by molar-refractivity contribution is -0.120. The summed E-state index contributed by atoms with van der Waals surface area (Å²) in [5.74, 6) is 0.0855. The first-order chi connectivity index (χ1) is 19.0. The topological polar surface area (TPSA) is 103 Å². The lowest BCUT2D eigenvalue weighted by Gasteiger charge is -2.45. The second kappa shape index (κ2) is 10.8. The highest BCUT2D eigenvalue weighted by atomic mass is 16.5. The number of aromatic nitrogens is 3. The molecule has 2 amide bonds. The maximum Gasteiger partial charge on any atom is 0.291 e. The molecule has 1 aromatic heterocycles. The van der Waals surface area contributed by atoms with Gasteiger partial charge in [0, 0.05) is 51.1 Å². The van der Waals surface area contributed by atoms with Crippen molar-refractivity contribution in [3.63, 3.8) is 0 Å². The predicted octanol–water partition coefficient (Wildman–Crippen LogP) is 3.50. The summed E-state index contributed by atoms with van der Waals surface area (Å²) in [6.07, 6.45) is 6.48. The molecular weight excluding hydrogens is 492 g/mol. The van der Waals surface area contributed by atoms with E-state index in [1.807, 2.05) is 30.3 Å². The number of anilines is 2. The number of hydrogen-bond acceptors (Lipinski definition) is 6. The summed E-state index contributed by atoms with van der Waals surface area (Å²) in [6, 6.07) is 15.7. The Morgan fingerprint density at radius 2 is 1.87 bits per heavy atom. The van der Waals surface area contributed by atoms with Crippen molar-refractivity contribution in [2.75, 3.05) is 43.2 Å². The number of aromatic amines is 1. The zero-order valence-corrected chi connectivity index (χ0v) is 22.5. The molecule has 0 unspecified atom stereocenters. The first-order valence-corrected chi connectivity index (χ1v) is 14.0. The van der Waals surface area contributed by atoms with Gasteiger partial charge < -0.3 is 19.9 Å². The summed E-state index contributed by atoms with van der Waals surface area (Å²) in [7, 11) is 1.80. The molecule has 2 aromatic carbocycles. The van der Waals surface area contributed by atoms with Crippen LogP contribution in [0.4, 0.5) is 11.4 Å². The molecule has 4 heterocycles. The van der Waals surface area contributed by atoms with Crippen LogP contribution in [0.25, 0.3) is 0 Å². The molecule has 0 aliphatic carbocycles. The number of piperidine rings is 1. The zero-order valence-electron chi connectivity index (χ0n) is 22.5. The molecule has 3 aromatic rings. The monoisotopic (exact) mass is 528 g/mol. The van der Waals surface area contributed by atoms with Crippen LogP contribution >= 0.6 is 0 Å². The number of rotatable bonds is 5. The molecule has 0 bridgehead atoms. The van der Waals surface area contributed by atoms with Crippen LogP contribution in [0, 0.1) is 5.41 Å². The summed E-state index contributed by atoms with van der Waals surface area (Å²) in [5, 5.41) is 9.82. The van der Waals surface area contributed by atoms with Crippen LogP contribution < -0.4 is 15.1 Å². The normalized spacial score (nSPS) is 20.9. The van der Waals surface area contributed by atoms with Gasteiger partial charge in [0.1, 0.15) is 11.9 Å². The molecular formula is C30H36N6O3. The van der Waals surface area contributed by atoms with Crippen LogP contribution in [0.15, 0.2) is 48.5 Å². The SMILES string of the molecule is CN1C(=O)[C@H](NC(=O)c2n[nH]c(Cc3ccccc3)n2)CCc2ccc(N3CCC4(CCOCC4)CC3)cc21. The van der Waals surface area contributed by atoms with E-state index in [-0.39, 0.29) is 11.7 Å². The quantitative estimate of drug-likeness (QED) is 0.526. The molecule has 3 aliphatic heterocycles. The number of hydrogen-bond donors (Lipinski definition) is 2. The highest BCUT2D eigenvalue weighted by Gasteiger charge is 2.36. The highest BCUT2D eigenvalue weighted by molar-refractivity contribution is 6.02. The molecule has 0 saturated carbocycles. The van der Waals surface area contributed by atoms with E-state index in [1.165, 1.54) is 12.8 Å². The number of fused-ring (bicyclic) bond motifs is 1. The molecule has 2 saturated heterocycles. The first-order valence-electron chi connectivity index (χ1n) is 14.0. The summed E-state index contributed by atoms with van der Waals surface area (Å²) >= 11 is 0. The fourth-order valence-corrected chi connectivity index (χ4v) is 6.21. The van der Waals surface area contributed by atoms with E-state index in [0.717, 1.165) is 61.6 Å². The number of ether oxygens (including phenoxy) is 1. The van der Waals surface area contributed by atoms with Crippen LogP contribution in [0.2, 0.25) is 0 Å². The lowest BCUT2D eigenvalue weighted by Crippen LogP contribution is -2.47. The lowest BCUT2D eigenvalue weighted by atomic mass is 9.72. The van der Waals surface area contributed by atoms with Gasteiger partial charge in [0.25, 0.3) is 5.91 Å². The average Bonchev–Trinajstić information content (AvgIpc) is 3.40. The fourth-order valence-electron chi connectivity index (χ4n) is 6.21. The van der Waals surface area contributed by atoms with Crippen molar-refractivity contribution >= 4 is 23.2 Å². The molecule has 0 radical (unpaired) electrons. The molecule has 1 spiro atoms. The van der Waals surface area contributed by atoms with E-state index >= 15 is 0 Å². The number of carbonyl (C=O) groups is 2. The Hall–Kier alpha value is -3.72. The Labute approximate surface area is 228 Å². The first kappa shape index (κ1) is 25.6. The van der Waals surface area contributed by atoms with Gasteiger partial charge in [-0.25, -0.2) is 4.98 Å². The highest BCUT2D eigenvalue weighted by Crippen LogP contribution is 2.42. The third-order valence-electron chi connectivity index (χ3n) is 8.76. The Kier molecular flexibility index (Phi) is 7.08. The van der Waals surface area contributed by atoms with Gasteiger partial charge in [0.2, 0.25) is 11.7 Å². The molecule has 39 heavy (non-hydrogen) atoms. The largest absolute Gasteiger partial charge is 0.381 e. The molecule has 2 N–H and O–H groups in total. The van der Waals surface area contributed by atoms with Gasteiger partial charge in [0.15, 0.2) is 0 Å². The third-order valence-corrected chi connectivity index (χ3v) is 8.76. The molecule has 9 nitrogen and oxygen atoms in total. The molecule has 3 aliphatic rings. The molecule has 9 heteroatoms. The van der Waals surface area contributed by atoms with E-state index in [4.69, 9.17) is 4.74 Å². The minimum atomic E-state index is -0.641. The molecule has 204 valence electrons. The van der Waals surface area contributed by atoms with Gasteiger partial charge in [-0.05, 0) is 67.2 Å². The summed E-state index contributed by atoms with van der Waals surface area (Å²) in [6.45, 7) is 3.82. The molecule has 1 atom stereocenters. The predicted molar refractivity (Wildman–Crippen MR) is 149 cm³/mol. The molecule has 2 fully saturated rings. The van der Waals surface area contributed by atoms with E-state index in [1.54, 1.807) is 11.9 Å². The van der Waals surface area contributed by atoms with Crippen molar-refractivity contribution in [2.24, 2.45) is 5.41 Å². The fraction of sp³-hybridized carbons (Fsp3) is 0.467. The van der Waals surface area contributed by atoms with Gasteiger partial charge in [0.05, 0.1) is 0 Å². The van der Waals surface area contributed by atoms with Crippen LogP contribution in [-0.4, -0.2) is 66.4 Å². The third kappa shape index (κ3) is 5.41. The van der Waals surface area contributed by atoms with Gasteiger partial charge in [-0.1, -0.05) is 36.4 Å². The van der Waals surface area contributed by atoms with Crippen LogP contribution in [0.5, 0.6) is 0 Å². The van der Waals surface area contributed by atoms with Crippen molar-refractivity contribution in [1.82, 2.24) is 20.5 Å². The van der Waals surface area contributed by atoms with Crippen molar-refractivity contribution in [3.8, 4) is 0 Å². The summed E-state index contributed by atoms with van der Waals surface area (Å²) in [4.78, 5) is 34.9. The number of H-pyrrole nitrogens is 1. The van der Waals surface area contributed by atoms with Crippen molar-refractivity contribution in [2.45, 2.75) is 51.0 Å². The number of carbonyl (C=O) groups excluding carboxylic acids is 2. The van der Waals surface area contributed by atoms with Gasteiger partial charge in [-0.15, -0.1) is 5.10 Å². The zero-order chi connectivity index (χ0) is 26.8. The smallest absolute Gasteiger partial charge is 0.291 e. The number of benzene rings is 2. The van der Waals surface area contributed by atoms with Crippen molar-refractivity contribution in [3.05, 3.63) is 71.3 Å². The maximum atomic E-state index is 13.4. The standard InChI is InChI=1S/C30H36N6O3/c1-35-25-20-23(36-15-11-30(12-16-36)13-17-39-18-14-30)9-7-22(25)8-10-24(29(35)38)31-28(37)27-32-26(33-34-27)19-21-5-3-2-4-6-21/h2-7,9,20,24H,8,10-19H2,1H3,(H,31,37)(H,32,33,34)/t24-/m1/s1. The van der Waals surface area contributed by atoms with Gasteiger partial charge >= 0.3 is 0 Å². The van der Waals surface area contributed by atoms with E-state index < -0.39 is 11.9 Å². The number of amides is 2. The Morgan fingerprint density at radius 3 is 2.64 bits per heavy atom. The van der Waals surface area contributed by atoms with E-state index in [0.29, 0.717) is 30.5 Å². The minimum absolute atomic E-state index is 0.0489. The van der Waals surface area contributed by atoms with E-state index in [9.17, 15) is 9.59 Å². The van der Waals surface area contributed by atoms with Gasteiger partial charge in [-0.3, -0.25) is 14.7 Å². The second-order valence-corrected chi connectivity index (χ2v) is 11.1. The second-order valence-electron chi connectivity index (χ2n) is 11.1. The Balaban J connectivity index is 1.10. The minimum Gasteiger partial charge on any atom is -0.381 e. The average molecular weight is 529 g/mol.